The molecule has 1 amide bonds. The van der Waals surface area contributed by atoms with E-state index in [2.05, 4.69) is 55.7 Å². The number of carbonyl (C=O) groups is 1. The molecule has 0 radical (unpaired) electrons. The molecular formula is C17H28N2OS. The van der Waals surface area contributed by atoms with E-state index in [4.69, 9.17) is 0 Å². The van der Waals surface area contributed by atoms with Crippen LogP contribution in [0.3, 0.4) is 0 Å². The minimum absolute atomic E-state index is 0.0719. The van der Waals surface area contributed by atoms with Crippen molar-refractivity contribution in [2.75, 3.05) is 13.6 Å². The molecule has 0 spiro atoms. The Morgan fingerprint density at radius 2 is 1.95 bits per heavy atom. The SMILES string of the molecule is CNC(C)c1cccc(SC(C)C(=O)NCCC(C)C)c1. The van der Waals surface area contributed by atoms with Gasteiger partial charge in [-0.3, -0.25) is 4.79 Å². The molecule has 2 atom stereocenters. The molecule has 0 saturated heterocycles. The third-order valence-electron chi connectivity index (χ3n) is 3.49. The summed E-state index contributed by atoms with van der Waals surface area (Å²) in [6.07, 6.45) is 1.03. The molecule has 2 unspecified atom stereocenters. The van der Waals surface area contributed by atoms with Gasteiger partial charge in [0.15, 0.2) is 0 Å². The number of amides is 1. The maximum Gasteiger partial charge on any atom is 0.233 e. The molecule has 2 N–H and O–H groups in total. The first-order chi connectivity index (χ1) is 9.93. The van der Waals surface area contributed by atoms with E-state index < -0.39 is 0 Å². The van der Waals surface area contributed by atoms with E-state index in [1.165, 1.54) is 5.56 Å². The highest BCUT2D eigenvalue weighted by atomic mass is 32.2. The summed E-state index contributed by atoms with van der Waals surface area (Å²) in [6, 6.07) is 8.70. The van der Waals surface area contributed by atoms with Crippen molar-refractivity contribution in [3.63, 3.8) is 0 Å². The van der Waals surface area contributed by atoms with E-state index in [0.717, 1.165) is 17.9 Å². The molecule has 0 saturated carbocycles. The summed E-state index contributed by atoms with van der Waals surface area (Å²) in [7, 11) is 1.95. The van der Waals surface area contributed by atoms with Crippen molar-refractivity contribution >= 4 is 17.7 Å². The minimum Gasteiger partial charge on any atom is -0.355 e. The minimum atomic E-state index is -0.0719. The Morgan fingerprint density at radius 1 is 1.24 bits per heavy atom. The summed E-state index contributed by atoms with van der Waals surface area (Å²) in [5.41, 5.74) is 1.25. The van der Waals surface area contributed by atoms with Gasteiger partial charge in [0.25, 0.3) is 0 Å². The zero-order chi connectivity index (χ0) is 15.8. The lowest BCUT2D eigenvalue weighted by Crippen LogP contribution is -2.32. The number of nitrogens with one attached hydrogen (secondary N) is 2. The summed E-state index contributed by atoms with van der Waals surface area (Å²) >= 11 is 1.61. The molecule has 0 aliphatic rings. The molecule has 0 aliphatic carbocycles. The summed E-state index contributed by atoms with van der Waals surface area (Å²) in [4.78, 5) is 13.2. The molecule has 1 aromatic carbocycles. The summed E-state index contributed by atoms with van der Waals surface area (Å²) in [5.74, 6) is 0.737. The highest BCUT2D eigenvalue weighted by molar-refractivity contribution is 8.00. The topological polar surface area (TPSA) is 41.1 Å². The Balaban J connectivity index is 2.53. The Morgan fingerprint density at radius 3 is 2.57 bits per heavy atom. The molecule has 0 heterocycles. The molecule has 118 valence electrons. The number of benzene rings is 1. The van der Waals surface area contributed by atoms with Crippen LogP contribution in [0.1, 0.15) is 45.7 Å². The number of rotatable bonds is 8. The van der Waals surface area contributed by atoms with Crippen LogP contribution in [0, 0.1) is 5.92 Å². The van der Waals surface area contributed by atoms with Crippen LogP contribution >= 0.6 is 11.8 Å². The van der Waals surface area contributed by atoms with Crippen LogP contribution in [0.15, 0.2) is 29.2 Å². The van der Waals surface area contributed by atoms with E-state index in [0.29, 0.717) is 12.0 Å². The van der Waals surface area contributed by atoms with Gasteiger partial charge in [0.2, 0.25) is 5.91 Å². The zero-order valence-electron chi connectivity index (χ0n) is 13.8. The average Bonchev–Trinajstić information content (AvgIpc) is 2.46. The van der Waals surface area contributed by atoms with Gasteiger partial charge in [0.05, 0.1) is 5.25 Å². The smallest absolute Gasteiger partial charge is 0.233 e. The van der Waals surface area contributed by atoms with Gasteiger partial charge in [-0.2, -0.15) is 0 Å². The molecule has 0 fully saturated rings. The highest BCUT2D eigenvalue weighted by Crippen LogP contribution is 2.26. The molecule has 0 aromatic heterocycles. The fraction of sp³-hybridized carbons (Fsp3) is 0.588. The first-order valence-electron chi connectivity index (χ1n) is 7.65. The number of hydrogen-bond acceptors (Lipinski definition) is 3. The predicted molar refractivity (Wildman–Crippen MR) is 91.7 cm³/mol. The molecule has 21 heavy (non-hydrogen) atoms. The van der Waals surface area contributed by atoms with Crippen LogP contribution in [-0.4, -0.2) is 24.7 Å². The lowest BCUT2D eigenvalue weighted by atomic mass is 10.1. The van der Waals surface area contributed by atoms with Crippen LogP contribution in [0.4, 0.5) is 0 Å². The van der Waals surface area contributed by atoms with Crippen molar-refractivity contribution in [3.8, 4) is 0 Å². The number of carbonyl (C=O) groups excluding carboxylic acids is 1. The summed E-state index contributed by atoms with van der Waals surface area (Å²) in [6.45, 7) is 9.19. The van der Waals surface area contributed by atoms with Gasteiger partial charge in [-0.05, 0) is 50.9 Å². The molecule has 4 heteroatoms. The van der Waals surface area contributed by atoms with Crippen LogP contribution in [0.5, 0.6) is 0 Å². The second-order valence-corrected chi connectivity index (χ2v) is 7.23. The molecule has 0 aliphatic heterocycles. The van der Waals surface area contributed by atoms with Gasteiger partial charge in [-0.1, -0.05) is 26.0 Å². The average molecular weight is 308 g/mol. The van der Waals surface area contributed by atoms with Crippen molar-refractivity contribution in [3.05, 3.63) is 29.8 Å². The quantitative estimate of drug-likeness (QED) is 0.721. The molecule has 1 aromatic rings. The Hall–Kier alpha value is -1.00. The second kappa shape index (κ2) is 9.11. The van der Waals surface area contributed by atoms with E-state index in [1.807, 2.05) is 14.0 Å². The van der Waals surface area contributed by atoms with Crippen LogP contribution in [0.25, 0.3) is 0 Å². The fourth-order valence-electron chi connectivity index (χ4n) is 1.91. The normalized spacial score (nSPS) is 14.0. The monoisotopic (exact) mass is 308 g/mol. The summed E-state index contributed by atoms with van der Waals surface area (Å²) < 4.78 is 0. The van der Waals surface area contributed by atoms with Crippen molar-refractivity contribution in [2.45, 2.75) is 50.3 Å². The molecule has 0 bridgehead atoms. The van der Waals surface area contributed by atoms with Crippen LogP contribution in [-0.2, 0) is 4.79 Å². The Labute approximate surface area is 133 Å². The van der Waals surface area contributed by atoms with Gasteiger partial charge < -0.3 is 10.6 Å². The van der Waals surface area contributed by atoms with Gasteiger partial charge in [0, 0.05) is 17.5 Å². The zero-order valence-corrected chi connectivity index (χ0v) is 14.6. The third-order valence-corrected chi connectivity index (χ3v) is 4.59. The first kappa shape index (κ1) is 18.1. The largest absolute Gasteiger partial charge is 0.355 e. The van der Waals surface area contributed by atoms with E-state index >= 15 is 0 Å². The number of thioether (sulfide) groups is 1. The predicted octanol–water partition coefficient (Wildman–Crippen LogP) is 3.61. The van der Waals surface area contributed by atoms with Gasteiger partial charge in [-0.25, -0.2) is 0 Å². The molecule has 1 rings (SSSR count). The van der Waals surface area contributed by atoms with Gasteiger partial charge >= 0.3 is 0 Å². The standard InChI is InChI=1S/C17H28N2OS/c1-12(2)9-10-19-17(20)14(4)21-16-8-6-7-15(11-16)13(3)18-5/h6-8,11-14,18H,9-10H2,1-5H3,(H,19,20). The van der Waals surface area contributed by atoms with E-state index in [9.17, 15) is 4.79 Å². The van der Waals surface area contributed by atoms with Gasteiger partial charge in [0.1, 0.15) is 0 Å². The fourth-order valence-corrected chi connectivity index (χ4v) is 2.87. The Bertz CT molecular complexity index is 448. The van der Waals surface area contributed by atoms with Crippen molar-refractivity contribution in [1.29, 1.82) is 0 Å². The molecule has 3 nitrogen and oxygen atoms in total. The van der Waals surface area contributed by atoms with Crippen molar-refractivity contribution in [1.82, 2.24) is 10.6 Å². The van der Waals surface area contributed by atoms with Crippen molar-refractivity contribution in [2.24, 2.45) is 5.92 Å². The lowest BCUT2D eigenvalue weighted by molar-refractivity contribution is -0.120. The van der Waals surface area contributed by atoms with Gasteiger partial charge in [-0.15, -0.1) is 11.8 Å². The van der Waals surface area contributed by atoms with E-state index in [-0.39, 0.29) is 11.2 Å². The van der Waals surface area contributed by atoms with Crippen LogP contribution < -0.4 is 10.6 Å². The van der Waals surface area contributed by atoms with Crippen LogP contribution in [0.2, 0.25) is 0 Å². The maximum absolute atomic E-state index is 12.1. The first-order valence-corrected chi connectivity index (χ1v) is 8.53. The number of hydrogen-bond donors (Lipinski definition) is 2. The van der Waals surface area contributed by atoms with E-state index in [1.54, 1.807) is 11.8 Å². The summed E-state index contributed by atoms with van der Waals surface area (Å²) in [5, 5.41) is 6.17. The van der Waals surface area contributed by atoms with Crippen molar-refractivity contribution < 1.29 is 4.79 Å². The second-order valence-electron chi connectivity index (χ2n) is 5.82. The third kappa shape index (κ3) is 6.53. The molecular weight excluding hydrogens is 280 g/mol. The Kier molecular flexibility index (Phi) is 7.83. The lowest BCUT2D eigenvalue weighted by Gasteiger charge is -2.15. The highest BCUT2D eigenvalue weighted by Gasteiger charge is 2.14. The maximum atomic E-state index is 12.1.